The third-order valence-electron chi connectivity index (χ3n) is 2.59. The summed E-state index contributed by atoms with van der Waals surface area (Å²) in [6.07, 6.45) is 1.46. The van der Waals surface area contributed by atoms with Gasteiger partial charge in [0.1, 0.15) is 18.0 Å². The lowest BCUT2D eigenvalue weighted by Crippen LogP contribution is -2.07. The molecule has 4 nitrogen and oxygen atoms in total. The van der Waals surface area contributed by atoms with E-state index in [4.69, 9.17) is 4.74 Å². The second-order valence-electron chi connectivity index (χ2n) is 4.93. The van der Waals surface area contributed by atoms with Crippen LogP contribution in [0.4, 0.5) is 10.2 Å². The molecule has 0 spiro atoms. The Balaban J connectivity index is 1.92. The van der Waals surface area contributed by atoms with Gasteiger partial charge in [-0.3, -0.25) is 0 Å². The Hall–Kier alpha value is -2.17. The van der Waals surface area contributed by atoms with Gasteiger partial charge in [-0.2, -0.15) is 0 Å². The van der Waals surface area contributed by atoms with Gasteiger partial charge >= 0.3 is 0 Å². The Morgan fingerprint density at radius 3 is 2.65 bits per heavy atom. The SMILES string of the molecule is CC(C)COc1cc(NCc2ccc(F)cc2)ncn1. The van der Waals surface area contributed by atoms with Gasteiger partial charge in [0.2, 0.25) is 5.88 Å². The minimum absolute atomic E-state index is 0.236. The summed E-state index contributed by atoms with van der Waals surface area (Å²) < 4.78 is 18.3. The fourth-order valence-electron chi connectivity index (χ4n) is 1.56. The molecule has 0 atom stereocenters. The van der Waals surface area contributed by atoms with Gasteiger partial charge in [-0.1, -0.05) is 26.0 Å². The summed E-state index contributed by atoms with van der Waals surface area (Å²) in [6, 6.07) is 8.10. The first-order valence-electron chi connectivity index (χ1n) is 6.56. The zero-order chi connectivity index (χ0) is 14.4. The molecule has 0 fully saturated rings. The topological polar surface area (TPSA) is 47.0 Å². The predicted octanol–water partition coefficient (Wildman–Crippen LogP) is 3.26. The highest BCUT2D eigenvalue weighted by molar-refractivity contribution is 5.38. The third-order valence-corrected chi connectivity index (χ3v) is 2.59. The second-order valence-corrected chi connectivity index (χ2v) is 4.93. The number of ether oxygens (including phenoxy) is 1. The molecule has 0 aliphatic carbocycles. The van der Waals surface area contributed by atoms with Crippen molar-refractivity contribution < 1.29 is 9.13 Å². The van der Waals surface area contributed by atoms with Crippen LogP contribution in [0.25, 0.3) is 0 Å². The van der Waals surface area contributed by atoms with Crippen molar-refractivity contribution in [3.05, 3.63) is 48.0 Å². The minimum Gasteiger partial charge on any atom is -0.477 e. The molecule has 5 heteroatoms. The molecular formula is C15H18FN3O. The van der Waals surface area contributed by atoms with Crippen LogP contribution in [0, 0.1) is 11.7 Å². The van der Waals surface area contributed by atoms with Gasteiger partial charge in [0.25, 0.3) is 0 Å². The lowest BCUT2D eigenvalue weighted by Gasteiger charge is -2.09. The predicted molar refractivity (Wildman–Crippen MR) is 76.1 cm³/mol. The van der Waals surface area contributed by atoms with Gasteiger partial charge in [0, 0.05) is 12.6 Å². The number of anilines is 1. The van der Waals surface area contributed by atoms with Crippen LogP contribution in [0.1, 0.15) is 19.4 Å². The van der Waals surface area contributed by atoms with E-state index in [1.807, 2.05) is 0 Å². The van der Waals surface area contributed by atoms with E-state index >= 15 is 0 Å². The van der Waals surface area contributed by atoms with Crippen molar-refractivity contribution in [2.45, 2.75) is 20.4 Å². The van der Waals surface area contributed by atoms with Crippen LogP contribution in [0.3, 0.4) is 0 Å². The molecule has 2 aromatic rings. The molecule has 0 saturated carbocycles. The molecule has 2 rings (SSSR count). The summed E-state index contributed by atoms with van der Waals surface area (Å²) in [5.74, 6) is 1.44. The van der Waals surface area contributed by atoms with Crippen molar-refractivity contribution in [1.29, 1.82) is 0 Å². The van der Waals surface area contributed by atoms with Crippen molar-refractivity contribution in [3.8, 4) is 5.88 Å². The molecular weight excluding hydrogens is 257 g/mol. The average molecular weight is 275 g/mol. The van der Waals surface area contributed by atoms with Crippen molar-refractivity contribution >= 4 is 5.82 Å². The zero-order valence-electron chi connectivity index (χ0n) is 11.6. The van der Waals surface area contributed by atoms with Crippen LogP contribution >= 0.6 is 0 Å². The van der Waals surface area contributed by atoms with E-state index in [0.717, 1.165) is 5.56 Å². The number of nitrogens with one attached hydrogen (secondary N) is 1. The summed E-state index contributed by atoms with van der Waals surface area (Å²) in [4.78, 5) is 8.18. The molecule has 1 aromatic carbocycles. The Morgan fingerprint density at radius 1 is 1.20 bits per heavy atom. The van der Waals surface area contributed by atoms with Gasteiger partial charge in [-0.05, 0) is 23.6 Å². The van der Waals surface area contributed by atoms with E-state index in [1.54, 1.807) is 18.2 Å². The largest absolute Gasteiger partial charge is 0.477 e. The first kappa shape index (κ1) is 14.2. The molecule has 0 saturated heterocycles. The van der Waals surface area contributed by atoms with E-state index in [1.165, 1.54) is 18.5 Å². The minimum atomic E-state index is -0.236. The maximum atomic E-state index is 12.8. The molecule has 0 bridgehead atoms. The molecule has 1 heterocycles. The second kappa shape index (κ2) is 6.84. The Bertz CT molecular complexity index is 543. The van der Waals surface area contributed by atoms with E-state index in [2.05, 4.69) is 29.1 Å². The van der Waals surface area contributed by atoms with E-state index < -0.39 is 0 Å². The van der Waals surface area contributed by atoms with E-state index in [0.29, 0.717) is 30.8 Å². The lowest BCUT2D eigenvalue weighted by molar-refractivity contribution is 0.261. The maximum absolute atomic E-state index is 12.8. The first-order chi connectivity index (χ1) is 9.63. The molecule has 0 aliphatic heterocycles. The number of nitrogens with zero attached hydrogens (tertiary/aromatic N) is 2. The molecule has 0 amide bonds. The zero-order valence-corrected chi connectivity index (χ0v) is 11.6. The van der Waals surface area contributed by atoms with E-state index in [-0.39, 0.29) is 5.82 Å². The van der Waals surface area contributed by atoms with Gasteiger partial charge in [-0.15, -0.1) is 0 Å². The van der Waals surface area contributed by atoms with Crippen LogP contribution in [-0.4, -0.2) is 16.6 Å². The van der Waals surface area contributed by atoms with Crippen LogP contribution in [0.2, 0.25) is 0 Å². The molecule has 0 unspecified atom stereocenters. The molecule has 0 aliphatic rings. The number of rotatable bonds is 6. The van der Waals surface area contributed by atoms with Crippen molar-refractivity contribution in [2.75, 3.05) is 11.9 Å². The summed E-state index contributed by atoms with van der Waals surface area (Å²) in [5.41, 5.74) is 0.981. The quantitative estimate of drug-likeness (QED) is 0.879. The van der Waals surface area contributed by atoms with Crippen molar-refractivity contribution in [2.24, 2.45) is 5.92 Å². The summed E-state index contributed by atoms with van der Waals surface area (Å²) in [7, 11) is 0. The Labute approximate surface area is 118 Å². The van der Waals surface area contributed by atoms with Gasteiger partial charge in [0.05, 0.1) is 6.61 Å². The van der Waals surface area contributed by atoms with Crippen LogP contribution in [0.15, 0.2) is 36.7 Å². The first-order valence-corrected chi connectivity index (χ1v) is 6.56. The maximum Gasteiger partial charge on any atom is 0.218 e. The van der Waals surface area contributed by atoms with Gasteiger partial charge in [0.15, 0.2) is 0 Å². The van der Waals surface area contributed by atoms with Crippen molar-refractivity contribution in [1.82, 2.24) is 9.97 Å². The highest BCUT2D eigenvalue weighted by Gasteiger charge is 2.02. The number of halogens is 1. The number of hydrogen-bond donors (Lipinski definition) is 1. The number of aromatic nitrogens is 2. The van der Waals surface area contributed by atoms with Crippen LogP contribution in [-0.2, 0) is 6.54 Å². The fraction of sp³-hybridized carbons (Fsp3) is 0.333. The fourth-order valence-corrected chi connectivity index (χ4v) is 1.56. The molecule has 1 N–H and O–H groups in total. The summed E-state index contributed by atoms with van der Waals surface area (Å²) in [6.45, 7) is 5.35. The average Bonchev–Trinajstić information content (AvgIpc) is 2.45. The van der Waals surface area contributed by atoms with Crippen LogP contribution < -0.4 is 10.1 Å². The Kier molecular flexibility index (Phi) is 4.87. The summed E-state index contributed by atoms with van der Waals surface area (Å²) in [5, 5.41) is 3.15. The monoisotopic (exact) mass is 275 g/mol. The number of benzene rings is 1. The molecule has 0 radical (unpaired) electrons. The van der Waals surface area contributed by atoms with Gasteiger partial charge in [-0.25, -0.2) is 14.4 Å². The summed E-state index contributed by atoms with van der Waals surface area (Å²) >= 11 is 0. The standard InChI is InChI=1S/C15H18FN3O/c1-11(2)9-20-15-7-14(18-10-19-15)17-8-12-3-5-13(16)6-4-12/h3-7,10-11H,8-9H2,1-2H3,(H,17,18,19). The lowest BCUT2D eigenvalue weighted by atomic mass is 10.2. The van der Waals surface area contributed by atoms with E-state index in [9.17, 15) is 4.39 Å². The smallest absolute Gasteiger partial charge is 0.218 e. The van der Waals surface area contributed by atoms with Gasteiger partial charge < -0.3 is 10.1 Å². The normalized spacial score (nSPS) is 10.6. The molecule has 106 valence electrons. The molecule has 20 heavy (non-hydrogen) atoms. The highest BCUT2D eigenvalue weighted by atomic mass is 19.1. The third kappa shape index (κ3) is 4.50. The van der Waals surface area contributed by atoms with Crippen LogP contribution in [0.5, 0.6) is 5.88 Å². The van der Waals surface area contributed by atoms with Crippen molar-refractivity contribution in [3.63, 3.8) is 0 Å². The Morgan fingerprint density at radius 2 is 1.95 bits per heavy atom. The number of hydrogen-bond acceptors (Lipinski definition) is 4. The highest BCUT2D eigenvalue weighted by Crippen LogP contribution is 2.13. The molecule has 1 aromatic heterocycles.